The van der Waals surface area contributed by atoms with E-state index in [4.69, 9.17) is 0 Å². The number of unbranched alkanes of at least 4 members (excludes halogenated alkanes) is 2. The van der Waals surface area contributed by atoms with Crippen molar-refractivity contribution in [1.82, 2.24) is 16.0 Å². The number of aliphatic imine (C=N–C) groups is 1. The summed E-state index contributed by atoms with van der Waals surface area (Å²) in [6.45, 7) is 12.8. The van der Waals surface area contributed by atoms with Gasteiger partial charge in [-0.1, -0.05) is 26.2 Å². The number of rotatable bonds is 8. The molecule has 0 aliphatic heterocycles. The van der Waals surface area contributed by atoms with Gasteiger partial charge in [0.1, 0.15) is 0 Å². The van der Waals surface area contributed by atoms with E-state index in [1.165, 1.54) is 25.7 Å². The van der Waals surface area contributed by atoms with Crippen molar-refractivity contribution in [2.45, 2.75) is 71.9 Å². The highest BCUT2D eigenvalue weighted by Crippen LogP contribution is 2.02. The van der Waals surface area contributed by atoms with E-state index in [2.05, 4.69) is 55.6 Å². The van der Waals surface area contributed by atoms with Crippen LogP contribution in [0.5, 0.6) is 0 Å². The average Bonchev–Trinajstić information content (AvgIpc) is 2.32. The quantitative estimate of drug-likeness (QED) is 0.361. The van der Waals surface area contributed by atoms with E-state index in [1.54, 1.807) is 0 Å². The van der Waals surface area contributed by atoms with Crippen LogP contribution in [0.15, 0.2) is 4.99 Å². The van der Waals surface area contributed by atoms with Gasteiger partial charge in [0, 0.05) is 31.7 Å². The summed E-state index contributed by atoms with van der Waals surface area (Å²) in [6, 6.07) is 0.480. The summed E-state index contributed by atoms with van der Waals surface area (Å²) in [7, 11) is 1.82. The first kappa shape index (κ1) is 18.2. The van der Waals surface area contributed by atoms with E-state index in [0.29, 0.717) is 6.04 Å². The maximum absolute atomic E-state index is 4.26. The van der Waals surface area contributed by atoms with Crippen molar-refractivity contribution >= 4 is 5.96 Å². The van der Waals surface area contributed by atoms with Crippen LogP contribution in [0.25, 0.3) is 0 Å². The molecule has 0 rings (SSSR count). The minimum absolute atomic E-state index is 0.173. The maximum Gasteiger partial charge on any atom is 0.191 e. The van der Waals surface area contributed by atoms with E-state index >= 15 is 0 Å². The summed E-state index contributed by atoms with van der Waals surface area (Å²) in [6.07, 6.45) is 5.08. The molecule has 0 aromatic heterocycles. The van der Waals surface area contributed by atoms with Crippen molar-refractivity contribution in [1.29, 1.82) is 0 Å². The Bertz CT molecular complexity index is 243. The molecule has 0 bridgehead atoms. The standard InChI is InChI=1S/C15H34N4/c1-7-8-9-10-13(2)19-14(16-6)17-11-12-18-15(3,4)5/h13,18H,7-12H2,1-6H3,(H2,16,17,19). The number of hydrogen-bond donors (Lipinski definition) is 3. The van der Waals surface area contributed by atoms with Gasteiger partial charge in [-0.3, -0.25) is 4.99 Å². The second-order valence-electron chi connectivity index (χ2n) is 6.22. The van der Waals surface area contributed by atoms with Gasteiger partial charge in [-0.15, -0.1) is 0 Å². The van der Waals surface area contributed by atoms with Gasteiger partial charge in [0.25, 0.3) is 0 Å². The van der Waals surface area contributed by atoms with Gasteiger partial charge in [0.2, 0.25) is 0 Å². The maximum atomic E-state index is 4.26. The summed E-state index contributed by atoms with van der Waals surface area (Å²) >= 11 is 0. The van der Waals surface area contributed by atoms with Crippen LogP contribution in [0.4, 0.5) is 0 Å². The highest BCUT2D eigenvalue weighted by molar-refractivity contribution is 5.79. The lowest BCUT2D eigenvalue weighted by molar-refractivity contribution is 0.427. The molecule has 0 spiro atoms. The Morgan fingerprint density at radius 1 is 1.16 bits per heavy atom. The van der Waals surface area contributed by atoms with Crippen LogP contribution < -0.4 is 16.0 Å². The van der Waals surface area contributed by atoms with Crippen molar-refractivity contribution in [3.8, 4) is 0 Å². The zero-order chi connectivity index (χ0) is 14.7. The Balaban J connectivity index is 3.77. The second-order valence-corrected chi connectivity index (χ2v) is 6.22. The summed E-state index contributed by atoms with van der Waals surface area (Å²) in [5.74, 6) is 0.903. The first-order chi connectivity index (χ1) is 8.89. The van der Waals surface area contributed by atoms with Gasteiger partial charge in [0.15, 0.2) is 5.96 Å². The SMILES string of the molecule is CCCCCC(C)NC(=NC)NCCNC(C)(C)C. The van der Waals surface area contributed by atoms with Gasteiger partial charge in [-0.2, -0.15) is 0 Å². The molecule has 0 radical (unpaired) electrons. The topological polar surface area (TPSA) is 48.5 Å². The molecule has 1 unspecified atom stereocenters. The molecule has 0 heterocycles. The minimum Gasteiger partial charge on any atom is -0.355 e. The van der Waals surface area contributed by atoms with Crippen LogP contribution in [0.1, 0.15) is 60.3 Å². The molecule has 0 fully saturated rings. The van der Waals surface area contributed by atoms with Crippen LogP contribution in [0.2, 0.25) is 0 Å². The van der Waals surface area contributed by atoms with Crippen LogP contribution in [-0.2, 0) is 0 Å². The third kappa shape index (κ3) is 12.0. The highest BCUT2D eigenvalue weighted by atomic mass is 15.2. The number of nitrogens with one attached hydrogen (secondary N) is 3. The third-order valence-electron chi connectivity index (χ3n) is 2.92. The van der Waals surface area contributed by atoms with Crippen LogP contribution in [-0.4, -0.2) is 37.7 Å². The first-order valence-electron chi connectivity index (χ1n) is 7.61. The second kappa shape index (κ2) is 10.1. The Morgan fingerprint density at radius 2 is 1.84 bits per heavy atom. The van der Waals surface area contributed by atoms with Gasteiger partial charge in [-0.05, 0) is 34.1 Å². The molecular weight excluding hydrogens is 236 g/mol. The first-order valence-corrected chi connectivity index (χ1v) is 7.61. The number of guanidine groups is 1. The molecule has 0 aromatic rings. The van der Waals surface area contributed by atoms with Crippen LogP contribution in [0.3, 0.4) is 0 Å². The molecule has 0 saturated carbocycles. The molecular formula is C15H34N4. The molecule has 0 saturated heterocycles. The summed E-state index contributed by atoms with van der Waals surface area (Å²) < 4.78 is 0. The van der Waals surface area contributed by atoms with Crippen molar-refractivity contribution in [2.75, 3.05) is 20.1 Å². The lowest BCUT2D eigenvalue weighted by Crippen LogP contribution is -2.46. The summed E-state index contributed by atoms with van der Waals surface area (Å²) in [4.78, 5) is 4.26. The van der Waals surface area contributed by atoms with Gasteiger partial charge < -0.3 is 16.0 Å². The molecule has 0 amide bonds. The molecule has 4 heteroatoms. The molecule has 4 nitrogen and oxygen atoms in total. The van der Waals surface area contributed by atoms with E-state index in [9.17, 15) is 0 Å². The van der Waals surface area contributed by atoms with Crippen LogP contribution in [0, 0.1) is 0 Å². The lowest BCUT2D eigenvalue weighted by Gasteiger charge is -2.22. The fourth-order valence-corrected chi connectivity index (χ4v) is 1.82. The summed E-state index contributed by atoms with van der Waals surface area (Å²) in [5, 5.41) is 10.2. The Labute approximate surface area is 119 Å². The van der Waals surface area contributed by atoms with Crippen molar-refractivity contribution in [2.24, 2.45) is 4.99 Å². The Kier molecular flexibility index (Phi) is 9.66. The lowest BCUT2D eigenvalue weighted by atomic mass is 10.1. The average molecular weight is 270 g/mol. The Morgan fingerprint density at radius 3 is 2.37 bits per heavy atom. The normalized spacial score (nSPS) is 14.3. The molecule has 114 valence electrons. The van der Waals surface area contributed by atoms with Crippen LogP contribution >= 0.6 is 0 Å². The molecule has 0 aliphatic carbocycles. The number of nitrogens with zero attached hydrogens (tertiary/aromatic N) is 1. The summed E-state index contributed by atoms with van der Waals surface area (Å²) in [5.41, 5.74) is 0.173. The molecule has 0 aliphatic rings. The smallest absolute Gasteiger partial charge is 0.191 e. The van der Waals surface area contributed by atoms with E-state index in [-0.39, 0.29) is 5.54 Å². The minimum atomic E-state index is 0.173. The predicted molar refractivity (Wildman–Crippen MR) is 85.9 cm³/mol. The van der Waals surface area contributed by atoms with Crippen molar-refractivity contribution in [3.05, 3.63) is 0 Å². The van der Waals surface area contributed by atoms with Gasteiger partial charge in [-0.25, -0.2) is 0 Å². The molecule has 0 aromatic carbocycles. The zero-order valence-corrected chi connectivity index (χ0v) is 13.8. The van der Waals surface area contributed by atoms with E-state index in [1.807, 2.05) is 7.05 Å². The predicted octanol–water partition coefficient (Wildman–Crippen LogP) is 2.51. The van der Waals surface area contributed by atoms with Gasteiger partial charge >= 0.3 is 0 Å². The van der Waals surface area contributed by atoms with Crippen molar-refractivity contribution < 1.29 is 0 Å². The highest BCUT2D eigenvalue weighted by Gasteiger charge is 2.08. The Hall–Kier alpha value is -0.770. The molecule has 1 atom stereocenters. The van der Waals surface area contributed by atoms with Crippen molar-refractivity contribution in [3.63, 3.8) is 0 Å². The number of hydrogen-bond acceptors (Lipinski definition) is 2. The van der Waals surface area contributed by atoms with Gasteiger partial charge in [0.05, 0.1) is 0 Å². The largest absolute Gasteiger partial charge is 0.355 e. The fourth-order valence-electron chi connectivity index (χ4n) is 1.82. The third-order valence-corrected chi connectivity index (χ3v) is 2.92. The monoisotopic (exact) mass is 270 g/mol. The molecule has 3 N–H and O–H groups in total. The van der Waals surface area contributed by atoms with E-state index in [0.717, 1.165) is 19.0 Å². The molecule has 19 heavy (non-hydrogen) atoms. The fraction of sp³-hybridized carbons (Fsp3) is 0.933. The zero-order valence-electron chi connectivity index (χ0n) is 13.8. The van der Waals surface area contributed by atoms with E-state index < -0.39 is 0 Å².